The lowest BCUT2D eigenvalue weighted by atomic mass is 10.1. The van der Waals surface area contributed by atoms with Gasteiger partial charge in [0.25, 0.3) is 0 Å². The van der Waals surface area contributed by atoms with E-state index in [0.29, 0.717) is 5.88 Å². The first kappa shape index (κ1) is 12.4. The predicted molar refractivity (Wildman–Crippen MR) is 73.9 cm³/mol. The molecule has 0 fully saturated rings. The van der Waals surface area contributed by atoms with E-state index >= 15 is 0 Å². The van der Waals surface area contributed by atoms with Crippen LogP contribution >= 0.6 is 0 Å². The molecule has 18 heavy (non-hydrogen) atoms. The van der Waals surface area contributed by atoms with Gasteiger partial charge in [-0.2, -0.15) is 0 Å². The van der Waals surface area contributed by atoms with Crippen LogP contribution in [0.2, 0.25) is 0 Å². The Labute approximate surface area is 108 Å². The molecule has 2 rings (SSSR count). The molecule has 3 heteroatoms. The van der Waals surface area contributed by atoms with Crippen LogP contribution in [0.15, 0.2) is 42.6 Å². The lowest BCUT2D eigenvalue weighted by molar-refractivity contribution is 0.397. The first-order valence-electron chi connectivity index (χ1n) is 6.13. The van der Waals surface area contributed by atoms with Crippen LogP contribution in [0.4, 0.5) is 5.69 Å². The van der Waals surface area contributed by atoms with Gasteiger partial charge < -0.3 is 10.1 Å². The van der Waals surface area contributed by atoms with Gasteiger partial charge >= 0.3 is 0 Å². The summed E-state index contributed by atoms with van der Waals surface area (Å²) >= 11 is 0. The number of aromatic nitrogens is 1. The molecule has 0 radical (unpaired) electrons. The summed E-state index contributed by atoms with van der Waals surface area (Å²) in [5, 5.41) is 3.37. The number of methoxy groups -OCH3 is 1. The molecule has 0 aliphatic heterocycles. The zero-order valence-electron chi connectivity index (χ0n) is 10.8. The van der Waals surface area contributed by atoms with Gasteiger partial charge in [0, 0.05) is 24.5 Å². The molecule has 0 unspecified atom stereocenters. The maximum Gasteiger partial charge on any atom is 0.212 e. The van der Waals surface area contributed by atoms with Crippen molar-refractivity contribution in [3.63, 3.8) is 0 Å². The quantitative estimate of drug-likeness (QED) is 0.873. The average Bonchev–Trinajstić information content (AvgIpc) is 2.46. The maximum atomic E-state index is 5.03. The zero-order chi connectivity index (χ0) is 12.8. The zero-order valence-corrected chi connectivity index (χ0v) is 10.8. The normalized spacial score (nSPS) is 10.1. The van der Waals surface area contributed by atoms with Crippen LogP contribution in [0.25, 0.3) is 0 Å². The van der Waals surface area contributed by atoms with Gasteiger partial charge in [-0.15, -0.1) is 0 Å². The molecule has 1 aromatic carbocycles. The number of hydrogen-bond acceptors (Lipinski definition) is 3. The Kier molecular flexibility index (Phi) is 4.18. The minimum absolute atomic E-state index is 0.644. The highest BCUT2D eigenvalue weighted by atomic mass is 16.5. The molecule has 1 N–H and O–H groups in total. The maximum absolute atomic E-state index is 5.03. The molecule has 0 atom stereocenters. The highest BCUT2D eigenvalue weighted by Crippen LogP contribution is 2.12. The molecule has 0 saturated heterocycles. The number of aryl methyl sites for hydroxylation is 1. The van der Waals surface area contributed by atoms with Crippen molar-refractivity contribution < 1.29 is 4.74 Å². The summed E-state index contributed by atoms with van der Waals surface area (Å²) in [6, 6.07) is 12.4. The fraction of sp³-hybridized carbons (Fsp3) is 0.267. The Bertz CT molecular complexity index is 429. The highest BCUT2D eigenvalue weighted by molar-refractivity contribution is 5.45. The first-order valence-corrected chi connectivity index (χ1v) is 6.13. The van der Waals surface area contributed by atoms with Crippen LogP contribution in [0, 0.1) is 0 Å². The van der Waals surface area contributed by atoms with Crippen LogP contribution in [0.5, 0.6) is 5.88 Å². The van der Waals surface area contributed by atoms with Crippen molar-refractivity contribution in [2.75, 3.05) is 12.4 Å². The lowest BCUT2D eigenvalue weighted by Crippen LogP contribution is -2.00. The molecule has 1 aromatic heterocycles. The number of ether oxygens (including phenoxy) is 1. The third-order valence-corrected chi connectivity index (χ3v) is 2.87. The fourth-order valence-corrected chi connectivity index (χ4v) is 1.70. The van der Waals surface area contributed by atoms with E-state index in [1.165, 1.54) is 5.56 Å². The third kappa shape index (κ3) is 3.23. The molecular weight excluding hydrogens is 224 g/mol. The van der Waals surface area contributed by atoms with Crippen molar-refractivity contribution in [1.82, 2.24) is 4.98 Å². The van der Waals surface area contributed by atoms with E-state index in [1.54, 1.807) is 7.11 Å². The predicted octanol–water partition coefficient (Wildman–Crippen LogP) is 3.26. The van der Waals surface area contributed by atoms with Crippen LogP contribution in [0.1, 0.15) is 18.1 Å². The van der Waals surface area contributed by atoms with E-state index in [4.69, 9.17) is 4.74 Å². The van der Waals surface area contributed by atoms with Crippen LogP contribution in [-0.2, 0) is 13.0 Å². The van der Waals surface area contributed by atoms with Crippen molar-refractivity contribution in [3.8, 4) is 5.88 Å². The lowest BCUT2D eigenvalue weighted by Gasteiger charge is -2.07. The summed E-state index contributed by atoms with van der Waals surface area (Å²) in [4.78, 5) is 4.17. The molecular formula is C15H18N2O. The van der Waals surface area contributed by atoms with E-state index in [9.17, 15) is 0 Å². The van der Waals surface area contributed by atoms with E-state index < -0.39 is 0 Å². The van der Waals surface area contributed by atoms with Crippen molar-refractivity contribution >= 4 is 5.69 Å². The summed E-state index contributed by atoms with van der Waals surface area (Å²) in [5.74, 6) is 0.644. The molecule has 0 amide bonds. The SMILES string of the molecule is CCc1ccc(NCc2ccc(OC)nc2)cc1. The van der Waals surface area contributed by atoms with Crippen molar-refractivity contribution in [3.05, 3.63) is 53.7 Å². The monoisotopic (exact) mass is 242 g/mol. The van der Waals surface area contributed by atoms with Crippen molar-refractivity contribution in [1.29, 1.82) is 0 Å². The minimum atomic E-state index is 0.644. The fourth-order valence-electron chi connectivity index (χ4n) is 1.70. The van der Waals surface area contributed by atoms with E-state index in [1.807, 2.05) is 18.3 Å². The Balaban J connectivity index is 1.93. The van der Waals surface area contributed by atoms with Gasteiger partial charge in [-0.3, -0.25) is 0 Å². The molecule has 94 valence electrons. The first-order chi connectivity index (χ1) is 8.81. The molecule has 0 aliphatic rings. The molecule has 3 nitrogen and oxygen atoms in total. The summed E-state index contributed by atoms with van der Waals surface area (Å²) in [7, 11) is 1.62. The standard InChI is InChI=1S/C15H18N2O/c1-3-12-4-7-14(8-5-12)16-10-13-6-9-15(18-2)17-11-13/h4-9,11,16H,3,10H2,1-2H3. The van der Waals surface area contributed by atoms with Crippen LogP contribution in [0.3, 0.4) is 0 Å². The molecule has 0 bridgehead atoms. The number of hydrogen-bond donors (Lipinski definition) is 1. The van der Waals surface area contributed by atoms with Crippen molar-refractivity contribution in [2.24, 2.45) is 0 Å². The largest absolute Gasteiger partial charge is 0.481 e. The van der Waals surface area contributed by atoms with Gasteiger partial charge in [0.05, 0.1) is 7.11 Å². The Morgan fingerprint density at radius 1 is 1.06 bits per heavy atom. The average molecular weight is 242 g/mol. The molecule has 0 saturated carbocycles. The molecule has 1 heterocycles. The smallest absolute Gasteiger partial charge is 0.212 e. The summed E-state index contributed by atoms with van der Waals surface area (Å²) in [6.07, 6.45) is 2.90. The number of benzene rings is 1. The molecule has 0 spiro atoms. The summed E-state index contributed by atoms with van der Waals surface area (Å²) in [5.41, 5.74) is 3.62. The number of nitrogens with one attached hydrogen (secondary N) is 1. The van der Waals surface area contributed by atoms with E-state index in [2.05, 4.69) is 41.5 Å². The number of anilines is 1. The van der Waals surface area contributed by atoms with Gasteiger partial charge in [0.15, 0.2) is 0 Å². The Morgan fingerprint density at radius 3 is 2.33 bits per heavy atom. The molecule has 0 aliphatic carbocycles. The minimum Gasteiger partial charge on any atom is -0.481 e. The van der Waals surface area contributed by atoms with Crippen LogP contribution in [-0.4, -0.2) is 12.1 Å². The summed E-state index contributed by atoms with van der Waals surface area (Å²) < 4.78 is 5.03. The van der Waals surface area contributed by atoms with E-state index in [-0.39, 0.29) is 0 Å². The number of nitrogens with zero attached hydrogens (tertiary/aromatic N) is 1. The number of pyridine rings is 1. The second-order valence-electron chi connectivity index (χ2n) is 4.11. The van der Waals surface area contributed by atoms with Gasteiger partial charge in [-0.1, -0.05) is 25.1 Å². The topological polar surface area (TPSA) is 34.1 Å². The Hall–Kier alpha value is -2.03. The van der Waals surface area contributed by atoms with Gasteiger partial charge in [-0.05, 0) is 29.7 Å². The van der Waals surface area contributed by atoms with Gasteiger partial charge in [0.1, 0.15) is 0 Å². The second-order valence-corrected chi connectivity index (χ2v) is 4.11. The van der Waals surface area contributed by atoms with Crippen molar-refractivity contribution in [2.45, 2.75) is 19.9 Å². The van der Waals surface area contributed by atoms with Crippen LogP contribution < -0.4 is 10.1 Å². The second kappa shape index (κ2) is 6.05. The highest BCUT2D eigenvalue weighted by Gasteiger charge is 1.96. The summed E-state index contributed by atoms with van der Waals surface area (Å²) in [6.45, 7) is 2.92. The van der Waals surface area contributed by atoms with E-state index in [0.717, 1.165) is 24.2 Å². The Morgan fingerprint density at radius 2 is 1.78 bits per heavy atom. The number of rotatable bonds is 5. The van der Waals surface area contributed by atoms with Gasteiger partial charge in [-0.25, -0.2) is 4.98 Å². The molecule has 2 aromatic rings. The van der Waals surface area contributed by atoms with Gasteiger partial charge in [0.2, 0.25) is 5.88 Å². The third-order valence-electron chi connectivity index (χ3n) is 2.87.